The molecule has 3 rings (SSSR count). The topological polar surface area (TPSA) is 59.3 Å². The van der Waals surface area contributed by atoms with Crippen molar-refractivity contribution in [3.63, 3.8) is 0 Å². The zero-order valence-electron chi connectivity index (χ0n) is 10.5. The third kappa shape index (κ3) is 1.56. The van der Waals surface area contributed by atoms with E-state index in [1.165, 1.54) is 6.08 Å². The molecular formula is C15H13NO3. The zero-order chi connectivity index (χ0) is 13.5. The number of nitrogens with zero attached hydrogens (tertiary/aromatic N) is 1. The Hall–Kier alpha value is -1.96. The third-order valence-electron chi connectivity index (χ3n) is 3.61. The Morgan fingerprint density at radius 1 is 1.47 bits per heavy atom. The highest BCUT2D eigenvalue weighted by Crippen LogP contribution is 2.51. The molecule has 1 fully saturated rings. The van der Waals surface area contributed by atoms with Crippen LogP contribution in [0.15, 0.2) is 36.4 Å². The molecule has 0 amide bonds. The highest BCUT2D eigenvalue weighted by molar-refractivity contribution is 6.07. The van der Waals surface area contributed by atoms with Crippen molar-refractivity contribution in [3.8, 4) is 6.07 Å². The molecule has 19 heavy (non-hydrogen) atoms. The molecule has 1 aliphatic carbocycles. The summed E-state index contributed by atoms with van der Waals surface area (Å²) >= 11 is 0. The Morgan fingerprint density at radius 3 is 3.00 bits per heavy atom. The second kappa shape index (κ2) is 4.30. The van der Waals surface area contributed by atoms with Crippen molar-refractivity contribution in [1.29, 1.82) is 5.26 Å². The lowest BCUT2D eigenvalue weighted by Crippen LogP contribution is -2.58. The Labute approximate surface area is 111 Å². The van der Waals surface area contributed by atoms with E-state index < -0.39 is 17.8 Å². The van der Waals surface area contributed by atoms with Gasteiger partial charge in [-0.2, -0.15) is 5.26 Å². The number of carbonyl (C=O) groups excluding carboxylic acids is 1. The van der Waals surface area contributed by atoms with E-state index in [9.17, 15) is 10.1 Å². The number of allylic oxidation sites excluding steroid dienone is 1. The van der Waals surface area contributed by atoms with Crippen molar-refractivity contribution in [1.82, 2.24) is 0 Å². The van der Waals surface area contributed by atoms with Crippen LogP contribution in [0, 0.1) is 17.2 Å². The van der Waals surface area contributed by atoms with Crippen LogP contribution in [0.3, 0.4) is 0 Å². The van der Waals surface area contributed by atoms with Gasteiger partial charge in [0.2, 0.25) is 0 Å². The maximum absolute atomic E-state index is 11.9. The Bertz CT molecular complexity index is 602. The molecular weight excluding hydrogens is 242 g/mol. The molecule has 0 N–H and O–H groups in total. The number of rotatable bonds is 2. The van der Waals surface area contributed by atoms with Gasteiger partial charge in [0.15, 0.2) is 12.1 Å². The molecule has 0 saturated carbocycles. The fourth-order valence-electron chi connectivity index (χ4n) is 2.71. The summed E-state index contributed by atoms with van der Waals surface area (Å²) in [7, 11) is 0. The minimum atomic E-state index is -0.834. The number of fused-ring (bicyclic) bond motifs is 2. The largest absolute Gasteiger partial charge is 0.351 e. The lowest BCUT2D eigenvalue weighted by molar-refractivity contribution is -0.325. The van der Waals surface area contributed by atoms with E-state index in [0.717, 1.165) is 5.56 Å². The van der Waals surface area contributed by atoms with Crippen molar-refractivity contribution in [2.75, 3.05) is 6.61 Å². The van der Waals surface area contributed by atoms with Gasteiger partial charge in [-0.25, -0.2) is 0 Å². The van der Waals surface area contributed by atoms with Gasteiger partial charge in [0.05, 0.1) is 6.07 Å². The molecule has 0 aromatic heterocycles. The van der Waals surface area contributed by atoms with Crippen LogP contribution in [0.5, 0.6) is 0 Å². The van der Waals surface area contributed by atoms with Crippen molar-refractivity contribution in [3.05, 3.63) is 47.5 Å². The van der Waals surface area contributed by atoms with E-state index in [2.05, 4.69) is 6.07 Å². The monoisotopic (exact) mass is 255 g/mol. The van der Waals surface area contributed by atoms with E-state index in [0.29, 0.717) is 12.2 Å². The molecule has 0 radical (unpaired) electrons. The number of ketones is 1. The van der Waals surface area contributed by atoms with E-state index in [-0.39, 0.29) is 5.78 Å². The molecule has 4 heteroatoms. The molecule has 1 unspecified atom stereocenters. The molecule has 2 aliphatic rings. The van der Waals surface area contributed by atoms with Crippen LogP contribution in [0.1, 0.15) is 22.8 Å². The van der Waals surface area contributed by atoms with Gasteiger partial charge in [0.1, 0.15) is 11.5 Å². The van der Waals surface area contributed by atoms with Gasteiger partial charge in [-0.1, -0.05) is 24.3 Å². The fourth-order valence-corrected chi connectivity index (χ4v) is 2.71. The number of ether oxygens (including phenoxy) is 2. The highest BCUT2D eigenvalue weighted by atomic mass is 16.7. The molecule has 1 aromatic carbocycles. The summed E-state index contributed by atoms with van der Waals surface area (Å²) in [4.78, 5) is 11.9. The minimum Gasteiger partial charge on any atom is -0.351 e. The lowest BCUT2D eigenvalue weighted by atomic mass is 9.71. The van der Waals surface area contributed by atoms with Gasteiger partial charge >= 0.3 is 0 Å². The summed E-state index contributed by atoms with van der Waals surface area (Å²) in [6.07, 6.45) is 2.64. The number of hydrogen-bond acceptors (Lipinski definition) is 4. The molecule has 1 heterocycles. The average Bonchev–Trinajstić information content (AvgIpc) is 2.42. The Morgan fingerprint density at radius 2 is 2.26 bits per heavy atom. The first-order valence-electron chi connectivity index (χ1n) is 6.25. The fraction of sp³-hybridized carbons (Fsp3) is 0.333. The van der Waals surface area contributed by atoms with Crippen LogP contribution in [0.25, 0.3) is 0 Å². The number of carbonyl (C=O) groups is 1. The summed E-state index contributed by atoms with van der Waals surface area (Å²) in [6.45, 7) is 2.35. The molecule has 3 atom stereocenters. The summed E-state index contributed by atoms with van der Waals surface area (Å²) in [5, 5.41) is 9.36. The lowest BCUT2D eigenvalue weighted by Gasteiger charge is -2.51. The van der Waals surface area contributed by atoms with Crippen LogP contribution in [0.4, 0.5) is 0 Å². The maximum atomic E-state index is 11.9. The van der Waals surface area contributed by atoms with Crippen LogP contribution in [-0.4, -0.2) is 18.7 Å². The SMILES string of the molecule is CCO[C@H]1OC2(C=CC(=O)c3ccccc32)[C@@H]1C#N. The predicted octanol–water partition coefficient (Wildman–Crippen LogP) is 2.17. The molecule has 1 saturated heterocycles. The van der Waals surface area contributed by atoms with Gasteiger partial charge in [-0.3, -0.25) is 4.79 Å². The van der Waals surface area contributed by atoms with Gasteiger partial charge < -0.3 is 9.47 Å². The minimum absolute atomic E-state index is 0.0543. The van der Waals surface area contributed by atoms with Crippen molar-refractivity contribution in [2.45, 2.75) is 18.8 Å². The van der Waals surface area contributed by atoms with Crippen molar-refractivity contribution in [2.24, 2.45) is 5.92 Å². The smallest absolute Gasteiger partial charge is 0.186 e. The van der Waals surface area contributed by atoms with Crippen molar-refractivity contribution >= 4 is 5.78 Å². The van der Waals surface area contributed by atoms with Crippen LogP contribution >= 0.6 is 0 Å². The van der Waals surface area contributed by atoms with E-state index >= 15 is 0 Å². The number of nitriles is 1. The van der Waals surface area contributed by atoms with Gasteiger partial charge in [-0.15, -0.1) is 0 Å². The maximum Gasteiger partial charge on any atom is 0.186 e. The summed E-state index contributed by atoms with van der Waals surface area (Å²) < 4.78 is 11.2. The quantitative estimate of drug-likeness (QED) is 0.812. The van der Waals surface area contributed by atoms with Crippen LogP contribution in [-0.2, 0) is 15.1 Å². The standard InChI is InChI=1S/C15H13NO3/c1-2-18-14-12(9-16)15(19-14)8-7-13(17)10-5-3-4-6-11(10)15/h3-8,12,14H,2H2,1H3/t12-,14+,15?/m1/s1. The van der Waals surface area contributed by atoms with Gasteiger partial charge in [0, 0.05) is 17.7 Å². The van der Waals surface area contributed by atoms with Gasteiger partial charge in [0.25, 0.3) is 0 Å². The first-order chi connectivity index (χ1) is 9.23. The second-order valence-corrected chi connectivity index (χ2v) is 4.58. The molecule has 0 bridgehead atoms. The number of hydrogen-bond donors (Lipinski definition) is 0. The average molecular weight is 255 g/mol. The molecule has 4 nitrogen and oxygen atoms in total. The highest BCUT2D eigenvalue weighted by Gasteiger charge is 2.58. The van der Waals surface area contributed by atoms with E-state index in [1.54, 1.807) is 12.1 Å². The second-order valence-electron chi connectivity index (χ2n) is 4.58. The summed E-state index contributed by atoms with van der Waals surface area (Å²) in [6, 6.07) is 9.49. The van der Waals surface area contributed by atoms with Crippen LogP contribution in [0.2, 0.25) is 0 Å². The first kappa shape index (κ1) is 12.1. The molecule has 1 aliphatic heterocycles. The zero-order valence-corrected chi connectivity index (χ0v) is 10.5. The first-order valence-corrected chi connectivity index (χ1v) is 6.25. The van der Waals surface area contributed by atoms with Crippen molar-refractivity contribution < 1.29 is 14.3 Å². The number of benzene rings is 1. The predicted molar refractivity (Wildman–Crippen MR) is 67.2 cm³/mol. The summed E-state index contributed by atoms with van der Waals surface area (Å²) in [5.41, 5.74) is 0.518. The van der Waals surface area contributed by atoms with E-state index in [1.807, 2.05) is 25.1 Å². The molecule has 1 aromatic rings. The Kier molecular flexibility index (Phi) is 2.74. The summed E-state index contributed by atoms with van der Waals surface area (Å²) in [5.74, 6) is -0.487. The molecule has 96 valence electrons. The van der Waals surface area contributed by atoms with E-state index in [4.69, 9.17) is 9.47 Å². The normalized spacial score (nSPS) is 31.7. The Balaban J connectivity index is 2.05. The van der Waals surface area contributed by atoms with Gasteiger partial charge in [-0.05, 0) is 19.1 Å². The molecule has 1 spiro atoms. The third-order valence-corrected chi connectivity index (χ3v) is 3.61. The van der Waals surface area contributed by atoms with Crippen LogP contribution < -0.4 is 0 Å².